The van der Waals surface area contributed by atoms with Gasteiger partial charge < -0.3 is 19.5 Å². The third-order valence-corrected chi connectivity index (χ3v) is 3.74. The Morgan fingerprint density at radius 1 is 1.39 bits per heavy atom. The van der Waals surface area contributed by atoms with Crippen molar-refractivity contribution in [3.63, 3.8) is 0 Å². The average Bonchev–Trinajstić information content (AvgIpc) is 2.58. The Balaban J connectivity index is 2.01. The molecule has 1 aromatic carbocycles. The second kappa shape index (κ2) is 8.39. The quantitative estimate of drug-likeness (QED) is 0.646. The van der Waals surface area contributed by atoms with Crippen LogP contribution in [0, 0.1) is 0 Å². The lowest BCUT2D eigenvalue weighted by atomic mass is 10.1. The number of aliphatic hydroxyl groups excluding tert-OH is 1. The molecule has 5 heteroatoms. The lowest BCUT2D eigenvalue weighted by Crippen LogP contribution is -2.39. The van der Waals surface area contributed by atoms with Crippen molar-refractivity contribution in [1.29, 1.82) is 0 Å². The van der Waals surface area contributed by atoms with Crippen LogP contribution < -0.4 is 9.47 Å². The Kier molecular flexibility index (Phi) is 6.23. The number of benzene rings is 1. The maximum Gasteiger partial charge on any atom is 0.246 e. The Morgan fingerprint density at radius 3 is 2.78 bits per heavy atom. The highest BCUT2D eigenvalue weighted by molar-refractivity contribution is 5.91. The fraction of sp³-hybridized carbons (Fsp3) is 0.389. The highest BCUT2D eigenvalue weighted by atomic mass is 16.5. The van der Waals surface area contributed by atoms with E-state index in [1.54, 1.807) is 30.2 Å². The van der Waals surface area contributed by atoms with Gasteiger partial charge in [0.15, 0.2) is 11.5 Å². The number of carbonyl (C=O) groups is 1. The van der Waals surface area contributed by atoms with Gasteiger partial charge in [-0.3, -0.25) is 4.79 Å². The van der Waals surface area contributed by atoms with Gasteiger partial charge in [-0.1, -0.05) is 18.7 Å². The topological polar surface area (TPSA) is 59.0 Å². The maximum atomic E-state index is 12.1. The molecule has 2 rings (SSSR count). The fourth-order valence-corrected chi connectivity index (χ4v) is 2.41. The SMILES string of the molecule is C=CCOc1ccc(/C=C/C(=O)N2CCC(O)CC2)cc1OC. The summed E-state index contributed by atoms with van der Waals surface area (Å²) in [6.07, 6.45) is 5.98. The van der Waals surface area contributed by atoms with Gasteiger partial charge >= 0.3 is 0 Å². The van der Waals surface area contributed by atoms with E-state index in [4.69, 9.17) is 9.47 Å². The summed E-state index contributed by atoms with van der Waals surface area (Å²) in [5, 5.41) is 9.47. The number of methoxy groups -OCH3 is 1. The Bertz CT molecular complexity index is 574. The Labute approximate surface area is 136 Å². The second-order valence-corrected chi connectivity index (χ2v) is 5.40. The monoisotopic (exact) mass is 317 g/mol. The zero-order valence-corrected chi connectivity index (χ0v) is 13.4. The van der Waals surface area contributed by atoms with Crippen LogP contribution in [-0.4, -0.2) is 48.8 Å². The van der Waals surface area contributed by atoms with Crippen LogP contribution in [0.3, 0.4) is 0 Å². The van der Waals surface area contributed by atoms with Crippen molar-refractivity contribution in [3.8, 4) is 11.5 Å². The van der Waals surface area contributed by atoms with E-state index in [9.17, 15) is 9.90 Å². The number of hydrogen-bond acceptors (Lipinski definition) is 4. The van der Waals surface area contributed by atoms with Crippen LogP contribution in [0.5, 0.6) is 11.5 Å². The summed E-state index contributed by atoms with van der Waals surface area (Å²) >= 11 is 0. The molecule has 1 amide bonds. The minimum Gasteiger partial charge on any atom is -0.493 e. The fourth-order valence-electron chi connectivity index (χ4n) is 2.41. The van der Waals surface area contributed by atoms with Crippen molar-refractivity contribution in [1.82, 2.24) is 4.90 Å². The molecule has 0 aromatic heterocycles. The van der Waals surface area contributed by atoms with Gasteiger partial charge in [0.2, 0.25) is 5.91 Å². The van der Waals surface area contributed by atoms with E-state index in [0.717, 1.165) is 5.56 Å². The van der Waals surface area contributed by atoms with Gasteiger partial charge in [0.1, 0.15) is 6.61 Å². The van der Waals surface area contributed by atoms with Crippen LogP contribution in [0.1, 0.15) is 18.4 Å². The predicted octanol–water partition coefficient (Wildman–Crippen LogP) is 2.26. The molecular formula is C18H23NO4. The lowest BCUT2D eigenvalue weighted by Gasteiger charge is -2.28. The average molecular weight is 317 g/mol. The van der Waals surface area contributed by atoms with E-state index in [2.05, 4.69) is 6.58 Å². The summed E-state index contributed by atoms with van der Waals surface area (Å²) in [4.78, 5) is 13.9. The first-order valence-electron chi connectivity index (χ1n) is 7.71. The molecule has 124 valence electrons. The normalized spacial score (nSPS) is 15.7. The highest BCUT2D eigenvalue weighted by Crippen LogP contribution is 2.28. The molecule has 1 aliphatic heterocycles. The standard InChI is InChI=1S/C18H23NO4/c1-3-12-23-16-6-4-14(13-17(16)22-2)5-7-18(21)19-10-8-15(20)9-11-19/h3-7,13,15,20H,1,8-12H2,2H3/b7-5+. The van der Waals surface area contributed by atoms with Gasteiger partial charge in [0.05, 0.1) is 13.2 Å². The zero-order chi connectivity index (χ0) is 16.7. The Morgan fingerprint density at radius 2 is 2.13 bits per heavy atom. The third kappa shape index (κ3) is 4.86. The third-order valence-electron chi connectivity index (χ3n) is 3.74. The summed E-state index contributed by atoms with van der Waals surface area (Å²) in [6.45, 7) is 5.22. The molecule has 0 radical (unpaired) electrons. The molecular weight excluding hydrogens is 294 g/mol. The van der Waals surface area contributed by atoms with Gasteiger partial charge in [-0.05, 0) is 36.6 Å². The molecule has 1 saturated heterocycles. The molecule has 0 saturated carbocycles. The van der Waals surface area contributed by atoms with Crippen LogP contribution in [0.15, 0.2) is 36.9 Å². The summed E-state index contributed by atoms with van der Waals surface area (Å²) in [5.41, 5.74) is 0.859. The van der Waals surface area contributed by atoms with Crippen LogP contribution >= 0.6 is 0 Å². The number of piperidine rings is 1. The van der Waals surface area contributed by atoms with Crippen LogP contribution in [-0.2, 0) is 4.79 Å². The second-order valence-electron chi connectivity index (χ2n) is 5.40. The van der Waals surface area contributed by atoms with Crippen LogP contribution in [0.4, 0.5) is 0 Å². The molecule has 23 heavy (non-hydrogen) atoms. The summed E-state index contributed by atoms with van der Waals surface area (Å²) in [6, 6.07) is 5.50. The van der Waals surface area contributed by atoms with Crippen molar-refractivity contribution < 1.29 is 19.4 Å². The van der Waals surface area contributed by atoms with E-state index in [1.165, 1.54) is 0 Å². The number of aliphatic hydroxyl groups is 1. The minimum absolute atomic E-state index is 0.0390. The number of likely N-dealkylation sites (tertiary alicyclic amines) is 1. The largest absolute Gasteiger partial charge is 0.493 e. The number of ether oxygens (including phenoxy) is 2. The number of rotatable bonds is 6. The molecule has 1 N–H and O–H groups in total. The molecule has 1 fully saturated rings. The molecule has 1 aromatic rings. The first kappa shape index (κ1) is 17.1. The van der Waals surface area contributed by atoms with Gasteiger partial charge in [0, 0.05) is 19.2 Å². The lowest BCUT2D eigenvalue weighted by molar-refractivity contribution is -0.127. The molecule has 1 aliphatic rings. The predicted molar refractivity (Wildman–Crippen MR) is 89.5 cm³/mol. The number of amides is 1. The first-order valence-corrected chi connectivity index (χ1v) is 7.71. The van der Waals surface area contributed by atoms with E-state index < -0.39 is 0 Å². The summed E-state index contributed by atoms with van der Waals surface area (Å²) < 4.78 is 10.8. The van der Waals surface area contributed by atoms with E-state index in [1.807, 2.05) is 18.2 Å². The van der Waals surface area contributed by atoms with Crippen molar-refractivity contribution in [3.05, 3.63) is 42.5 Å². The van der Waals surface area contributed by atoms with E-state index >= 15 is 0 Å². The molecule has 0 aliphatic carbocycles. The zero-order valence-electron chi connectivity index (χ0n) is 13.4. The Hall–Kier alpha value is -2.27. The van der Waals surface area contributed by atoms with Crippen molar-refractivity contribution in [2.45, 2.75) is 18.9 Å². The molecule has 5 nitrogen and oxygen atoms in total. The number of hydrogen-bond donors (Lipinski definition) is 1. The highest BCUT2D eigenvalue weighted by Gasteiger charge is 2.19. The van der Waals surface area contributed by atoms with E-state index in [0.29, 0.717) is 44.0 Å². The van der Waals surface area contributed by atoms with E-state index in [-0.39, 0.29) is 12.0 Å². The smallest absolute Gasteiger partial charge is 0.246 e. The van der Waals surface area contributed by atoms with Crippen LogP contribution in [0.25, 0.3) is 6.08 Å². The summed E-state index contributed by atoms with van der Waals surface area (Å²) in [7, 11) is 1.58. The molecule has 0 bridgehead atoms. The first-order chi connectivity index (χ1) is 11.1. The summed E-state index contributed by atoms with van der Waals surface area (Å²) in [5.74, 6) is 1.21. The molecule has 1 heterocycles. The maximum absolute atomic E-state index is 12.1. The van der Waals surface area contributed by atoms with Gasteiger partial charge in [-0.15, -0.1) is 0 Å². The molecule has 0 unspecified atom stereocenters. The van der Waals surface area contributed by atoms with Gasteiger partial charge in [-0.25, -0.2) is 0 Å². The minimum atomic E-state index is -0.282. The van der Waals surface area contributed by atoms with Crippen molar-refractivity contribution in [2.75, 3.05) is 26.8 Å². The number of carbonyl (C=O) groups excluding carboxylic acids is 1. The van der Waals surface area contributed by atoms with Crippen molar-refractivity contribution >= 4 is 12.0 Å². The van der Waals surface area contributed by atoms with Crippen molar-refractivity contribution in [2.24, 2.45) is 0 Å². The molecule has 0 atom stereocenters. The van der Waals surface area contributed by atoms with Gasteiger partial charge in [-0.2, -0.15) is 0 Å². The van der Waals surface area contributed by atoms with Gasteiger partial charge in [0.25, 0.3) is 0 Å². The van der Waals surface area contributed by atoms with Crippen LogP contribution in [0.2, 0.25) is 0 Å². The molecule has 0 spiro atoms. The number of nitrogens with zero attached hydrogens (tertiary/aromatic N) is 1.